The van der Waals surface area contributed by atoms with E-state index in [1.54, 1.807) is 19.2 Å². The van der Waals surface area contributed by atoms with Gasteiger partial charge in [-0.25, -0.2) is 0 Å². The van der Waals surface area contributed by atoms with Crippen molar-refractivity contribution in [1.82, 2.24) is 0 Å². The van der Waals surface area contributed by atoms with E-state index in [-0.39, 0.29) is 12.7 Å². The Labute approximate surface area is 107 Å². The summed E-state index contributed by atoms with van der Waals surface area (Å²) < 4.78 is 16.7. The average Bonchev–Trinajstić information content (AvgIpc) is 2.81. The van der Waals surface area contributed by atoms with Crippen LogP contribution in [0.5, 0.6) is 11.5 Å². The lowest BCUT2D eigenvalue weighted by Gasteiger charge is -2.15. The number of ether oxygens (including phenoxy) is 3. The van der Waals surface area contributed by atoms with E-state index in [2.05, 4.69) is 6.92 Å². The van der Waals surface area contributed by atoms with E-state index in [1.807, 2.05) is 6.07 Å². The van der Waals surface area contributed by atoms with Crippen molar-refractivity contribution in [3.8, 4) is 11.5 Å². The van der Waals surface area contributed by atoms with Gasteiger partial charge in [-0.3, -0.25) is 0 Å². The second kappa shape index (κ2) is 6.07. The second-order valence-electron chi connectivity index (χ2n) is 4.60. The summed E-state index contributed by atoms with van der Waals surface area (Å²) in [4.78, 5) is 0. The molecule has 0 aromatic heterocycles. The smallest absolute Gasteiger partial charge is 0.161 e. The Morgan fingerprint density at radius 1 is 1.33 bits per heavy atom. The molecule has 0 bridgehead atoms. The lowest BCUT2D eigenvalue weighted by molar-refractivity contribution is 0.0259. The molecule has 2 atom stereocenters. The Morgan fingerprint density at radius 2 is 2.17 bits per heavy atom. The van der Waals surface area contributed by atoms with Gasteiger partial charge in [0.25, 0.3) is 0 Å². The first-order valence-corrected chi connectivity index (χ1v) is 6.29. The molecule has 1 aromatic rings. The van der Waals surface area contributed by atoms with E-state index in [0.29, 0.717) is 24.2 Å². The minimum atomic E-state index is -0.00266. The summed E-state index contributed by atoms with van der Waals surface area (Å²) in [6, 6.07) is 5.43. The maximum absolute atomic E-state index is 9.12. The highest BCUT2D eigenvalue weighted by atomic mass is 16.6. The van der Waals surface area contributed by atoms with Gasteiger partial charge in [0, 0.05) is 0 Å². The number of hydrogen-bond acceptors (Lipinski definition) is 4. The van der Waals surface area contributed by atoms with Crippen LogP contribution in [0.4, 0.5) is 0 Å². The van der Waals surface area contributed by atoms with E-state index in [1.165, 1.54) is 0 Å². The molecule has 1 aromatic carbocycles. The molecule has 1 aliphatic heterocycles. The summed E-state index contributed by atoms with van der Waals surface area (Å²) in [5.74, 6) is 1.34. The number of methoxy groups -OCH3 is 1. The van der Waals surface area contributed by atoms with Crippen LogP contribution in [0.2, 0.25) is 0 Å². The monoisotopic (exact) mass is 252 g/mol. The van der Waals surface area contributed by atoms with Crippen molar-refractivity contribution in [2.24, 2.45) is 0 Å². The lowest BCUT2D eigenvalue weighted by atomic mass is 10.2. The minimum absolute atomic E-state index is 0.00266. The standard InChI is InChI=1S/C14H20O4/c1-10-3-5-12(18-10)9-17-14-7-11(8-15)4-6-13(14)16-2/h4,6-7,10,12,15H,3,5,8-9H2,1-2H3. The van der Waals surface area contributed by atoms with Crippen LogP contribution in [-0.2, 0) is 11.3 Å². The molecule has 0 radical (unpaired) electrons. The molecule has 0 amide bonds. The number of hydrogen-bond donors (Lipinski definition) is 1. The van der Waals surface area contributed by atoms with E-state index in [9.17, 15) is 0 Å². The van der Waals surface area contributed by atoms with E-state index in [0.717, 1.165) is 18.4 Å². The fourth-order valence-electron chi connectivity index (χ4n) is 2.12. The highest BCUT2D eigenvalue weighted by Crippen LogP contribution is 2.29. The van der Waals surface area contributed by atoms with Crippen molar-refractivity contribution < 1.29 is 19.3 Å². The lowest BCUT2D eigenvalue weighted by Crippen LogP contribution is -2.18. The first kappa shape index (κ1) is 13.2. The third-order valence-electron chi connectivity index (χ3n) is 3.16. The fraction of sp³-hybridized carbons (Fsp3) is 0.571. The Hall–Kier alpha value is -1.26. The van der Waals surface area contributed by atoms with Gasteiger partial charge in [0.15, 0.2) is 11.5 Å². The van der Waals surface area contributed by atoms with Crippen LogP contribution in [0.15, 0.2) is 18.2 Å². The molecule has 1 fully saturated rings. The molecule has 4 nitrogen and oxygen atoms in total. The van der Waals surface area contributed by atoms with Gasteiger partial charge in [-0.1, -0.05) is 6.07 Å². The summed E-state index contributed by atoms with van der Waals surface area (Å²) in [6.45, 7) is 2.60. The summed E-state index contributed by atoms with van der Waals surface area (Å²) in [7, 11) is 1.61. The zero-order valence-corrected chi connectivity index (χ0v) is 10.9. The number of aliphatic hydroxyl groups is 1. The van der Waals surface area contributed by atoms with Gasteiger partial charge in [0.2, 0.25) is 0 Å². The van der Waals surface area contributed by atoms with Crippen LogP contribution in [0.25, 0.3) is 0 Å². The zero-order chi connectivity index (χ0) is 13.0. The van der Waals surface area contributed by atoms with Crippen LogP contribution in [-0.4, -0.2) is 31.0 Å². The third-order valence-corrected chi connectivity index (χ3v) is 3.16. The van der Waals surface area contributed by atoms with Crippen molar-refractivity contribution in [3.63, 3.8) is 0 Å². The number of aliphatic hydroxyl groups excluding tert-OH is 1. The summed E-state index contributed by atoms with van der Waals surface area (Å²) in [6.07, 6.45) is 2.59. The molecule has 1 saturated heterocycles. The van der Waals surface area contributed by atoms with E-state index >= 15 is 0 Å². The highest BCUT2D eigenvalue weighted by Gasteiger charge is 2.22. The van der Waals surface area contributed by atoms with Crippen molar-refractivity contribution in [3.05, 3.63) is 23.8 Å². The van der Waals surface area contributed by atoms with Crippen molar-refractivity contribution in [1.29, 1.82) is 0 Å². The maximum Gasteiger partial charge on any atom is 0.161 e. The Bertz CT molecular complexity index is 391. The van der Waals surface area contributed by atoms with Crippen molar-refractivity contribution in [2.45, 2.75) is 38.6 Å². The molecule has 2 unspecified atom stereocenters. The van der Waals surface area contributed by atoms with Gasteiger partial charge in [0.1, 0.15) is 6.61 Å². The number of benzene rings is 1. The van der Waals surface area contributed by atoms with Gasteiger partial charge in [-0.2, -0.15) is 0 Å². The molecular formula is C14H20O4. The first-order chi connectivity index (χ1) is 8.72. The van der Waals surface area contributed by atoms with Crippen LogP contribution in [0, 0.1) is 0 Å². The molecule has 1 aliphatic rings. The third kappa shape index (κ3) is 3.15. The molecular weight excluding hydrogens is 232 g/mol. The van der Waals surface area contributed by atoms with Crippen LogP contribution in [0.1, 0.15) is 25.3 Å². The predicted molar refractivity (Wildman–Crippen MR) is 68.0 cm³/mol. The Balaban J connectivity index is 1.98. The highest BCUT2D eigenvalue weighted by molar-refractivity contribution is 5.42. The molecule has 100 valence electrons. The summed E-state index contributed by atoms with van der Waals surface area (Å²) >= 11 is 0. The average molecular weight is 252 g/mol. The maximum atomic E-state index is 9.12. The van der Waals surface area contributed by atoms with Crippen LogP contribution < -0.4 is 9.47 Å². The molecule has 4 heteroatoms. The topological polar surface area (TPSA) is 47.9 Å². The SMILES string of the molecule is COc1ccc(CO)cc1OCC1CCC(C)O1. The number of rotatable bonds is 5. The van der Waals surface area contributed by atoms with Gasteiger partial charge < -0.3 is 19.3 Å². The van der Waals surface area contributed by atoms with Gasteiger partial charge >= 0.3 is 0 Å². The molecule has 18 heavy (non-hydrogen) atoms. The van der Waals surface area contributed by atoms with E-state index in [4.69, 9.17) is 19.3 Å². The fourth-order valence-corrected chi connectivity index (χ4v) is 2.12. The quantitative estimate of drug-likeness (QED) is 0.872. The van der Waals surface area contributed by atoms with Gasteiger partial charge in [-0.15, -0.1) is 0 Å². The molecule has 1 heterocycles. The second-order valence-corrected chi connectivity index (χ2v) is 4.60. The summed E-state index contributed by atoms with van der Waals surface area (Å²) in [5.41, 5.74) is 0.812. The zero-order valence-electron chi connectivity index (χ0n) is 10.9. The van der Waals surface area contributed by atoms with E-state index < -0.39 is 0 Å². The van der Waals surface area contributed by atoms with Gasteiger partial charge in [0.05, 0.1) is 25.9 Å². The first-order valence-electron chi connectivity index (χ1n) is 6.29. The molecule has 0 spiro atoms. The molecule has 0 saturated carbocycles. The Kier molecular flexibility index (Phi) is 4.44. The minimum Gasteiger partial charge on any atom is -0.493 e. The largest absolute Gasteiger partial charge is 0.493 e. The predicted octanol–water partition coefficient (Wildman–Crippen LogP) is 2.13. The molecule has 0 aliphatic carbocycles. The summed E-state index contributed by atoms with van der Waals surface area (Å²) in [5, 5.41) is 9.12. The van der Waals surface area contributed by atoms with Crippen molar-refractivity contribution in [2.75, 3.05) is 13.7 Å². The van der Waals surface area contributed by atoms with Crippen LogP contribution >= 0.6 is 0 Å². The molecule has 2 rings (SSSR count). The normalized spacial score (nSPS) is 23.1. The molecule has 1 N–H and O–H groups in total. The Morgan fingerprint density at radius 3 is 2.78 bits per heavy atom. The van der Waals surface area contributed by atoms with Gasteiger partial charge in [-0.05, 0) is 37.5 Å². The van der Waals surface area contributed by atoms with Crippen LogP contribution in [0.3, 0.4) is 0 Å². The van der Waals surface area contributed by atoms with Crippen molar-refractivity contribution >= 4 is 0 Å².